The Kier molecular flexibility index (Phi) is 5.22. The van der Waals surface area contributed by atoms with Crippen molar-refractivity contribution in [2.75, 3.05) is 5.75 Å². The summed E-state index contributed by atoms with van der Waals surface area (Å²) in [5, 5.41) is 0. The van der Waals surface area contributed by atoms with Crippen LogP contribution in [0.1, 0.15) is 18.4 Å². The van der Waals surface area contributed by atoms with Gasteiger partial charge in [-0.15, -0.1) is 0 Å². The van der Waals surface area contributed by atoms with Crippen LogP contribution >= 0.6 is 0 Å². The predicted octanol–water partition coefficient (Wildman–Crippen LogP) is 2.45. The second-order valence-corrected chi connectivity index (χ2v) is 5.09. The lowest BCUT2D eigenvalue weighted by Gasteiger charge is -1.97. The van der Waals surface area contributed by atoms with Gasteiger partial charge >= 0.3 is 0 Å². The molecule has 0 spiro atoms. The second kappa shape index (κ2) is 6.45. The van der Waals surface area contributed by atoms with Gasteiger partial charge in [0, 0.05) is 0 Å². The molecule has 0 aliphatic heterocycles. The first-order valence-corrected chi connectivity index (χ1v) is 6.83. The molecule has 1 rings (SSSR count). The maximum absolute atomic E-state index is 10.4. The van der Waals surface area contributed by atoms with Crippen molar-refractivity contribution >= 4 is 10.1 Å². The Morgan fingerprint density at radius 2 is 1.81 bits per heavy atom. The summed E-state index contributed by atoms with van der Waals surface area (Å²) < 4.78 is 29.3. The van der Waals surface area contributed by atoms with Gasteiger partial charge in [0.15, 0.2) is 0 Å². The third kappa shape index (κ3) is 6.37. The van der Waals surface area contributed by atoms with Crippen LogP contribution in [0.5, 0.6) is 0 Å². The van der Waals surface area contributed by atoms with Crippen molar-refractivity contribution < 1.29 is 13.0 Å². The number of benzene rings is 1. The fourth-order valence-electron chi connectivity index (χ4n) is 1.38. The molecule has 0 heterocycles. The lowest BCUT2D eigenvalue weighted by Crippen LogP contribution is -2.00. The molecule has 0 unspecified atom stereocenters. The van der Waals surface area contributed by atoms with Crippen LogP contribution < -0.4 is 0 Å². The summed E-state index contributed by atoms with van der Waals surface area (Å²) in [5.41, 5.74) is 1.28. The molecule has 88 valence electrons. The Hall–Kier alpha value is -1.13. The van der Waals surface area contributed by atoms with Crippen molar-refractivity contribution in [2.45, 2.75) is 19.3 Å². The fraction of sp³-hybridized carbons (Fsp3) is 0.333. The first kappa shape index (κ1) is 12.9. The molecular weight excluding hydrogens is 224 g/mol. The van der Waals surface area contributed by atoms with Crippen molar-refractivity contribution in [1.82, 2.24) is 0 Å². The average molecular weight is 240 g/mol. The summed E-state index contributed by atoms with van der Waals surface area (Å²) >= 11 is 0. The zero-order valence-corrected chi connectivity index (χ0v) is 9.86. The van der Waals surface area contributed by atoms with Gasteiger partial charge in [0.25, 0.3) is 10.1 Å². The summed E-state index contributed by atoms with van der Waals surface area (Å²) in [7, 11) is -3.85. The van der Waals surface area contributed by atoms with E-state index >= 15 is 0 Å². The number of aryl methyl sites for hydroxylation is 1. The molecule has 3 nitrogen and oxygen atoms in total. The molecule has 0 radical (unpaired) electrons. The average Bonchev–Trinajstić information content (AvgIpc) is 2.23. The van der Waals surface area contributed by atoms with Gasteiger partial charge in [-0.2, -0.15) is 8.42 Å². The normalized spacial score (nSPS) is 12.1. The smallest absolute Gasteiger partial charge is 0.268 e. The lowest BCUT2D eigenvalue weighted by molar-refractivity contribution is 0.486. The van der Waals surface area contributed by atoms with Crippen LogP contribution in [0, 0.1) is 0 Å². The highest BCUT2D eigenvalue weighted by Crippen LogP contribution is 2.04. The van der Waals surface area contributed by atoms with Crippen LogP contribution in [-0.2, 0) is 16.5 Å². The van der Waals surface area contributed by atoms with Gasteiger partial charge in [0.2, 0.25) is 0 Å². The molecule has 0 fully saturated rings. The Bertz CT molecular complexity index is 421. The van der Waals surface area contributed by atoms with Crippen molar-refractivity contribution in [1.29, 1.82) is 0 Å². The Morgan fingerprint density at radius 3 is 2.44 bits per heavy atom. The highest BCUT2D eigenvalue weighted by Gasteiger charge is 1.98. The van der Waals surface area contributed by atoms with E-state index in [1.807, 2.05) is 18.2 Å². The Morgan fingerprint density at radius 1 is 1.12 bits per heavy atom. The van der Waals surface area contributed by atoms with Gasteiger partial charge in [0.05, 0.1) is 5.75 Å². The zero-order valence-electron chi connectivity index (χ0n) is 9.04. The van der Waals surface area contributed by atoms with Crippen molar-refractivity contribution in [3.8, 4) is 0 Å². The molecule has 1 aromatic rings. The largest absolute Gasteiger partial charge is 0.285 e. The van der Waals surface area contributed by atoms with Crippen molar-refractivity contribution in [3.05, 3.63) is 48.0 Å². The van der Waals surface area contributed by atoms with Gasteiger partial charge in [-0.1, -0.05) is 42.5 Å². The molecule has 0 saturated carbocycles. The van der Waals surface area contributed by atoms with Gasteiger partial charge in [0.1, 0.15) is 0 Å². The number of hydrogen-bond donors (Lipinski definition) is 1. The summed E-state index contributed by atoms with van der Waals surface area (Å²) in [6.45, 7) is 0. The van der Waals surface area contributed by atoms with E-state index in [-0.39, 0.29) is 5.75 Å². The summed E-state index contributed by atoms with van der Waals surface area (Å²) in [4.78, 5) is 0. The summed E-state index contributed by atoms with van der Waals surface area (Å²) in [5.74, 6) is -0.293. The molecule has 16 heavy (non-hydrogen) atoms. The SMILES string of the molecule is O=S(=O)(O)CC=CCCCc1ccccc1. The van der Waals surface area contributed by atoms with E-state index in [4.69, 9.17) is 4.55 Å². The predicted molar refractivity (Wildman–Crippen MR) is 64.9 cm³/mol. The first-order chi connectivity index (χ1) is 7.58. The quantitative estimate of drug-likeness (QED) is 0.472. The van der Waals surface area contributed by atoms with Crippen LogP contribution in [-0.4, -0.2) is 18.7 Å². The van der Waals surface area contributed by atoms with E-state index < -0.39 is 10.1 Å². The van der Waals surface area contributed by atoms with E-state index in [1.165, 1.54) is 11.6 Å². The summed E-state index contributed by atoms with van der Waals surface area (Å²) in [6, 6.07) is 10.1. The van der Waals surface area contributed by atoms with Crippen LogP contribution in [0.25, 0.3) is 0 Å². The highest BCUT2D eigenvalue weighted by atomic mass is 32.2. The molecule has 0 aliphatic carbocycles. The monoisotopic (exact) mass is 240 g/mol. The standard InChI is InChI=1S/C12H16O3S/c13-16(14,15)11-7-2-1-4-8-12-9-5-3-6-10-12/h2-3,5-7,9-10H,1,4,8,11H2,(H,13,14,15). The maximum atomic E-state index is 10.4. The minimum Gasteiger partial charge on any atom is -0.285 e. The number of rotatable bonds is 6. The van der Waals surface area contributed by atoms with Crippen molar-refractivity contribution in [3.63, 3.8) is 0 Å². The topological polar surface area (TPSA) is 54.4 Å². The minimum absolute atomic E-state index is 0.293. The van der Waals surface area contributed by atoms with Crippen LogP contribution in [0.15, 0.2) is 42.5 Å². The van der Waals surface area contributed by atoms with E-state index in [0.29, 0.717) is 0 Å². The van der Waals surface area contributed by atoms with Gasteiger partial charge in [-0.05, 0) is 24.8 Å². The highest BCUT2D eigenvalue weighted by molar-refractivity contribution is 7.85. The third-order valence-electron chi connectivity index (χ3n) is 2.15. The number of allylic oxidation sites excluding steroid dienone is 1. The van der Waals surface area contributed by atoms with Gasteiger partial charge < -0.3 is 0 Å². The number of hydrogen-bond acceptors (Lipinski definition) is 2. The van der Waals surface area contributed by atoms with E-state index in [0.717, 1.165) is 19.3 Å². The molecule has 0 saturated heterocycles. The number of unbranched alkanes of at least 4 members (excludes halogenated alkanes) is 1. The van der Waals surface area contributed by atoms with Gasteiger partial charge in [-0.3, -0.25) is 4.55 Å². The van der Waals surface area contributed by atoms with Crippen LogP contribution in [0.4, 0.5) is 0 Å². The minimum atomic E-state index is -3.85. The molecule has 0 bridgehead atoms. The molecule has 0 atom stereocenters. The molecule has 1 N–H and O–H groups in total. The van der Waals surface area contributed by atoms with Crippen LogP contribution in [0.3, 0.4) is 0 Å². The Balaban J connectivity index is 2.18. The Labute approximate surface area is 96.6 Å². The fourth-order valence-corrected chi connectivity index (χ4v) is 1.76. The second-order valence-electron chi connectivity index (χ2n) is 3.60. The van der Waals surface area contributed by atoms with E-state index in [1.54, 1.807) is 6.08 Å². The molecule has 4 heteroatoms. The molecule has 1 aromatic carbocycles. The lowest BCUT2D eigenvalue weighted by atomic mass is 10.1. The molecule has 0 aliphatic rings. The zero-order chi connectivity index (χ0) is 11.9. The van der Waals surface area contributed by atoms with E-state index in [2.05, 4.69) is 12.1 Å². The molecular formula is C12H16O3S. The van der Waals surface area contributed by atoms with Crippen molar-refractivity contribution in [2.24, 2.45) is 0 Å². The van der Waals surface area contributed by atoms with Gasteiger partial charge in [-0.25, -0.2) is 0 Å². The molecule has 0 aromatic heterocycles. The van der Waals surface area contributed by atoms with E-state index in [9.17, 15) is 8.42 Å². The third-order valence-corrected chi connectivity index (χ3v) is 2.77. The maximum Gasteiger partial charge on any atom is 0.268 e. The summed E-state index contributed by atoms with van der Waals surface area (Å²) in [6.07, 6.45) is 6.06. The van der Waals surface area contributed by atoms with Crippen LogP contribution in [0.2, 0.25) is 0 Å². The molecule has 0 amide bonds. The first-order valence-electron chi connectivity index (χ1n) is 5.22.